The fourth-order valence-corrected chi connectivity index (χ4v) is 11.2. The number of rotatable bonds is 2. The number of hydrogen-bond donors (Lipinski definition) is 0. The molecule has 5 saturated heterocycles. The van der Waals surface area contributed by atoms with E-state index in [2.05, 4.69) is 101 Å². The van der Waals surface area contributed by atoms with Crippen molar-refractivity contribution >= 4 is 49.8 Å². The van der Waals surface area contributed by atoms with E-state index >= 15 is 0 Å². The van der Waals surface area contributed by atoms with Crippen molar-refractivity contribution in [3.05, 3.63) is 0 Å². The van der Waals surface area contributed by atoms with Crippen LogP contribution in [0.3, 0.4) is 0 Å². The Labute approximate surface area is 333 Å². The van der Waals surface area contributed by atoms with E-state index in [1.165, 1.54) is 16.6 Å². The Morgan fingerprint density at radius 1 is 0.685 bits per heavy atom. The second kappa shape index (κ2) is 19.3. The number of carbonyl (C=O) groups is 2. The maximum atomic E-state index is 12.0. The fraction of sp³-hybridized carbons (Fsp3) is 0.925. The van der Waals surface area contributed by atoms with Gasteiger partial charge in [0.25, 0.3) is 11.8 Å². The van der Waals surface area contributed by atoms with Gasteiger partial charge < -0.3 is 0 Å². The SMILES string of the molecule is C=S1(=O)CC(C(C)(C)C)C1.CC(C)(C)C1CS(=O)C1.CC(C)(C)C1CSC1.CC(C)(C)[C@@H]1CON(CC(F)(F)F)C1=O.CCN1OC[C@@H](C(C)(C)C)C1=O. The van der Waals surface area contributed by atoms with Gasteiger partial charge in [0.2, 0.25) is 0 Å². The van der Waals surface area contributed by atoms with Crippen LogP contribution in [0.2, 0.25) is 0 Å². The van der Waals surface area contributed by atoms with Gasteiger partial charge in [0.05, 0.1) is 25.0 Å². The zero-order valence-electron chi connectivity index (χ0n) is 36.4. The summed E-state index contributed by atoms with van der Waals surface area (Å²) in [5, 5.41) is 1.87. The van der Waals surface area contributed by atoms with Gasteiger partial charge in [-0.1, -0.05) is 104 Å². The number of thioether (sulfide) groups is 1. The zero-order valence-corrected chi connectivity index (χ0v) is 38.8. The number of hydroxylamine groups is 4. The number of amides is 2. The molecule has 0 aromatic heterocycles. The van der Waals surface area contributed by atoms with Crippen LogP contribution < -0.4 is 0 Å². The second-order valence-electron chi connectivity index (χ2n) is 20.8. The molecule has 8 nitrogen and oxygen atoms in total. The van der Waals surface area contributed by atoms with E-state index in [1.54, 1.807) is 20.8 Å². The monoisotopic (exact) mass is 832 g/mol. The Kier molecular flexibility index (Phi) is 18.3. The summed E-state index contributed by atoms with van der Waals surface area (Å²) in [5.74, 6) is 11.4. The molecule has 5 rings (SSSR count). The average molecular weight is 833 g/mol. The van der Waals surface area contributed by atoms with Crippen LogP contribution in [0, 0.1) is 56.7 Å². The molecule has 5 heterocycles. The minimum atomic E-state index is -4.41. The summed E-state index contributed by atoms with van der Waals surface area (Å²) in [7, 11) is -2.08. The van der Waals surface area contributed by atoms with Crippen LogP contribution in [0.1, 0.15) is 111 Å². The minimum absolute atomic E-state index is 0.0149. The average Bonchev–Trinajstić information content (AvgIpc) is 3.44. The summed E-state index contributed by atoms with van der Waals surface area (Å²) in [6.07, 6.45) is -4.41. The summed E-state index contributed by atoms with van der Waals surface area (Å²) in [4.78, 5) is 33.1. The number of nitrogens with zero attached hydrogens (tertiary/aromatic N) is 2. The first kappa shape index (κ1) is 51.2. The van der Waals surface area contributed by atoms with Crippen LogP contribution in [0.15, 0.2) is 0 Å². The van der Waals surface area contributed by atoms with Crippen LogP contribution in [-0.2, 0) is 39.6 Å². The smallest absolute Gasteiger partial charge is 0.272 e. The Balaban J connectivity index is 0.000000343. The lowest BCUT2D eigenvalue weighted by Gasteiger charge is -2.40. The quantitative estimate of drug-likeness (QED) is 0.258. The molecule has 0 unspecified atom stereocenters. The zero-order chi connectivity index (χ0) is 42.5. The minimum Gasteiger partial charge on any atom is -0.272 e. The van der Waals surface area contributed by atoms with Gasteiger partial charge in [0, 0.05) is 40.4 Å². The van der Waals surface area contributed by atoms with Crippen molar-refractivity contribution in [2.45, 2.75) is 117 Å². The highest BCUT2D eigenvalue weighted by Crippen LogP contribution is 2.39. The van der Waals surface area contributed by atoms with Crippen LogP contribution in [0.25, 0.3) is 0 Å². The third-order valence-electron chi connectivity index (χ3n) is 10.7. The second-order valence-corrected chi connectivity index (χ2v) is 26.0. The predicted molar refractivity (Wildman–Crippen MR) is 222 cm³/mol. The normalized spacial score (nSPS) is 29.1. The van der Waals surface area contributed by atoms with Crippen LogP contribution in [0.5, 0.6) is 0 Å². The molecule has 5 aliphatic heterocycles. The summed E-state index contributed by atoms with van der Waals surface area (Å²) in [6.45, 7) is 33.6. The van der Waals surface area contributed by atoms with Gasteiger partial charge in [-0.15, -0.1) is 0 Å². The van der Waals surface area contributed by atoms with Gasteiger partial charge in [-0.25, -0.2) is 10.1 Å². The highest BCUT2D eigenvalue weighted by atomic mass is 32.2. The van der Waals surface area contributed by atoms with Crippen molar-refractivity contribution in [2.75, 3.05) is 60.8 Å². The van der Waals surface area contributed by atoms with Gasteiger partial charge >= 0.3 is 6.18 Å². The molecule has 2 amide bonds. The first-order valence-electron chi connectivity index (χ1n) is 19.2. The Morgan fingerprint density at radius 2 is 1.06 bits per heavy atom. The molecule has 320 valence electrons. The fourth-order valence-electron chi connectivity index (χ4n) is 5.54. The lowest BCUT2D eigenvalue weighted by molar-refractivity contribution is -0.214. The Hall–Kier alpha value is -0.830. The lowest BCUT2D eigenvalue weighted by atomic mass is 9.81. The first-order valence-corrected chi connectivity index (χ1v) is 23.9. The van der Waals surface area contributed by atoms with Crippen molar-refractivity contribution in [1.82, 2.24) is 10.1 Å². The van der Waals surface area contributed by atoms with E-state index in [4.69, 9.17) is 9.68 Å². The van der Waals surface area contributed by atoms with Crippen LogP contribution in [0.4, 0.5) is 13.2 Å². The van der Waals surface area contributed by atoms with Crippen molar-refractivity contribution in [3.8, 4) is 0 Å². The van der Waals surface area contributed by atoms with Crippen LogP contribution >= 0.6 is 11.8 Å². The van der Waals surface area contributed by atoms with Crippen molar-refractivity contribution in [3.63, 3.8) is 0 Å². The molecule has 2 atom stereocenters. The van der Waals surface area contributed by atoms with E-state index in [-0.39, 0.29) is 29.3 Å². The van der Waals surface area contributed by atoms with Crippen molar-refractivity contribution < 1.29 is 40.9 Å². The van der Waals surface area contributed by atoms with Crippen LogP contribution in [-0.4, -0.2) is 103 Å². The topological polar surface area (TPSA) is 93.2 Å². The van der Waals surface area contributed by atoms with Gasteiger partial charge in [0.15, 0.2) is 0 Å². The lowest BCUT2D eigenvalue weighted by Crippen LogP contribution is -2.43. The van der Waals surface area contributed by atoms with Crippen molar-refractivity contribution in [2.24, 2.45) is 56.7 Å². The molecular formula is C40H75F3N2O6S3. The molecular weight excluding hydrogens is 758 g/mol. The molecule has 5 fully saturated rings. The van der Waals surface area contributed by atoms with Crippen molar-refractivity contribution in [1.29, 1.82) is 0 Å². The number of carbonyl (C=O) groups excluding carboxylic acids is 2. The molecule has 0 saturated carbocycles. The number of halogens is 3. The molecule has 5 aliphatic rings. The van der Waals surface area contributed by atoms with Gasteiger partial charge in [-0.2, -0.15) is 24.9 Å². The molecule has 0 spiro atoms. The Morgan fingerprint density at radius 3 is 1.22 bits per heavy atom. The maximum Gasteiger partial charge on any atom is 0.408 e. The highest BCUT2D eigenvalue weighted by Gasteiger charge is 2.45. The van der Waals surface area contributed by atoms with E-state index in [1.807, 2.05) is 6.92 Å². The summed E-state index contributed by atoms with van der Waals surface area (Å²) >= 11 is 2.07. The first-order chi connectivity index (χ1) is 24.0. The van der Waals surface area contributed by atoms with E-state index in [9.17, 15) is 31.2 Å². The maximum absolute atomic E-state index is 12.0. The van der Waals surface area contributed by atoms with E-state index < -0.39 is 44.9 Å². The number of hydrogen-bond acceptors (Lipinski definition) is 7. The van der Waals surface area contributed by atoms with E-state index in [0.717, 1.165) is 28.9 Å². The highest BCUT2D eigenvalue weighted by molar-refractivity contribution is 8.01. The molecule has 0 N–H and O–H groups in total. The third kappa shape index (κ3) is 17.3. The molecule has 0 aromatic carbocycles. The molecule has 0 aliphatic carbocycles. The standard InChI is InChI=1S/C9H14F3NO2.C9H17NO2.C8H16OS.C7H14OS.C7H14S/c1-8(2,3)6-4-15-13(7(6)14)5-9(10,11)12;1-5-10-8(11)7(6-12-10)9(2,3)4;1-8(2,3)7-5-10(4,9)6-7;1-7(2,3)6-4-9(8)5-6;1-7(2,3)6-4-8-5-6/h6H,4-5H2,1-3H3;7H,5-6H2,1-4H3;7H,4-6H2,1-3H3;6H,4-5H2,1-3H3;6H,4-5H2,1-3H3/t6-;7-;;;/m11.../s1. The largest absolute Gasteiger partial charge is 0.408 e. The predicted octanol–water partition coefficient (Wildman–Crippen LogP) is 8.61. The summed E-state index contributed by atoms with van der Waals surface area (Å²) in [5.41, 5.74) is 0.927. The molecule has 14 heteroatoms. The molecule has 0 radical (unpaired) electrons. The third-order valence-corrected chi connectivity index (χ3v) is 15.5. The molecule has 0 aromatic rings. The molecule has 0 bridgehead atoms. The summed E-state index contributed by atoms with van der Waals surface area (Å²) < 4.78 is 57.9. The molecule has 54 heavy (non-hydrogen) atoms. The van der Waals surface area contributed by atoms with Gasteiger partial charge in [-0.3, -0.25) is 27.7 Å². The van der Waals surface area contributed by atoms with E-state index in [0.29, 0.717) is 46.3 Å². The van der Waals surface area contributed by atoms with Gasteiger partial charge in [0.1, 0.15) is 6.54 Å². The number of alkyl halides is 3. The van der Waals surface area contributed by atoms with Gasteiger partial charge in [-0.05, 0) is 78.7 Å². The Bertz CT molecular complexity index is 1330. The summed E-state index contributed by atoms with van der Waals surface area (Å²) in [6, 6.07) is 0.